The Morgan fingerprint density at radius 2 is 2.11 bits per heavy atom. The monoisotopic (exact) mass is 263 g/mol. The molecule has 0 aliphatic heterocycles. The number of benzene rings is 1. The quantitative estimate of drug-likeness (QED) is 0.850. The van der Waals surface area contributed by atoms with Crippen molar-refractivity contribution in [3.8, 4) is 0 Å². The van der Waals surface area contributed by atoms with E-state index in [-0.39, 0.29) is 17.8 Å². The second-order valence-corrected chi connectivity index (χ2v) is 4.24. The highest BCUT2D eigenvalue weighted by Gasteiger charge is 2.23. The molecule has 0 fully saturated rings. The molecule has 100 valence electrons. The van der Waals surface area contributed by atoms with Gasteiger partial charge in [0.25, 0.3) is 0 Å². The number of carboxylic acid groups (broad SMARTS) is 1. The smallest absolute Gasteiger partial charge is 0.420 e. The number of hydrogen-bond acceptors (Lipinski definition) is 4. The van der Waals surface area contributed by atoms with Crippen molar-refractivity contribution in [1.29, 1.82) is 0 Å². The first-order chi connectivity index (χ1) is 8.95. The third-order valence-electron chi connectivity index (χ3n) is 3.00. The highest BCUT2D eigenvalue weighted by molar-refractivity contribution is 5.97. The molecule has 0 saturated carbocycles. The zero-order valence-corrected chi connectivity index (χ0v) is 10.5. The fraction of sp³-hybridized carbons (Fsp3) is 0.308. The first-order valence-electron chi connectivity index (χ1n) is 5.84. The summed E-state index contributed by atoms with van der Waals surface area (Å²) in [6.45, 7) is 3.08. The van der Waals surface area contributed by atoms with Gasteiger partial charge in [-0.15, -0.1) is 0 Å². The van der Waals surface area contributed by atoms with Gasteiger partial charge in [-0.25, -0.2) is 9.59 Å². The van der Waals surface area contributed by atoms with Gasteiger partial charge in [-0.3, -0.25) is 9.36 Å². The molecular formula is C13H13NO5. The molecule has 0 amide bonds. The first kappa shape index (κ1) is 13.1. The van der Waals surface area contributed by atoms with Gasteiger partial charge in [0.2, 0.25) is 0 Å². The summed E-state index contributed by atoms with van der Waals surface area (Å²) in [4.78, 5) is 34.2. The van der Waals surface area contributed by atoms with E-state index in [1.54, 1.807) is 13.0 Å². The maximum Gasteiger partial charge on any atom is 0.420 e. The molecule has 19 heavy (non-hydrogen) atoms. The Hall–Kier alpha value is -2.37. The van der Waals surface area contributed by atoms with Gasteiger partial charge in [-0.1, -0.05) is 6.92 Å². The summed E-state index contributed by atoms with van der Waals surface area (Å²) in [5, 5.41) is 9.12. The Kier molecular flexibility index (Phi) is 3.25. The van der Waals surface area contributed by atoms with E-state index < -0.39 is 17.8 Å². The molecule has 0 spiro atoms. The second-order valence-electron chi connectivity index (χ2n) is 4.24. The van der Waals surface area contributed by atoms with Gasteiger partial charge in [-0.2, -0.15) is 0 Å². The van der Waals surface area contributed by atoms with Crippen LogP contribution in [-0.2, 0) is 4.79 Å². The van der Waals surface area contributed by atoms with Crippen LogP contribution < -0.4 is 5.76 Å². The molecule has 1 unspecified atom stereocenters. The molecule has 0 aliphatic rings. The average molecular weight is 263 g/mol. The van der Waals surface area contributed by atoms with Crippen LogP contribution in [0.4, 0.5) is 0 Å². The van der Waals surface area contributed by atoms with Gasteiger partial charge in [-0.05, 0) is 31.5 Å². The Morgan fingerprint density at radius 1 is 1.42 bits per heavy atom. The fourth-order valence-electron chi connectivity index (χ4n) is 2.02. The number of rotatable bonds is 4. The van der Waals surface area contributed by atoms with Crippen molar-refractivity contribution in [1.82, 2.24) is 4.57 Å². The van der Waals surface area contributed by atoms with Crippen molar-refractivity contribution in [2.45, 2.75) is 26.3 Å². The lowest BCUT2D eigenvalue weighted by atomic mass is 10.1. The minimum absolute atomic E-state index is 0.150. The standard InChI is InChI=1S/C13H13NO5/c1-3-9(12(16)17)14-10-5-4-8(7(2)15)6-11(10)19-13(14)18/h4-6,9H,3H2,1-2H3,(H,16,17). The summed E-state index contributed by atoms with van der Waals surface area (Å²) >= 11 is 0. The number of Topliss-reactive ketones (excluding diaryl/α,β-unsaturated/α-hetero) is 1. The Bertz CT molecular complexity index is 709. The normalized spacial score (nSPS) is 12.5. The number of ketones is 1. The van der Waals surface area contributed by atoms with Gasteiger partial charge in [0, 0.05) is 5.56 Å². The van der Waals surface area contributed by atoms with Gasteiger partial charge >= 0.3 is 11.7 Å². The van der Waals surface area contributed by atoms with E-state index in [2.05, 4.69) is 0 Å². The summed E-state index contributed by atoms with van der Waals surface area (Å²) in [6, 6.07) is 3.55. The predicted octanol–water partition coefficient (Wildman–Crippen LogP) is 1.83. The van der Waals surface area contributed by atoms with Crippen LogP contribution >= 0.6 is 0 Å². The van der Waals surface area contributed by atoms with Crippen LogP contribution in [0.15, 0.2) is 27.4 Å². The molecule has 2 aromatic rings. The number of carbonyl (C=O) groups is 2. The number of oxazole rings is 1. The fourth-order valence-corrected chi connectivity index (χ4v) is 2.02. The SMILES string of the molecule is CCC(C(=O)O)n1c(=O)oc2cc(C(C)=O)ccc21. The molecule has 6 heteroatoms. The summed E-state index contributed by atoms with van der Waals surface area (Å²) < 4.78 is 6.11. The van der Waals surface area contributed by atoms with Crippen LogP contribution in [0.2, 0.25) is 0 Å². The molecule has 0 aliphatic carbocycles. The van der Waals surface area contributed by atoms with E-state index in [9.17, 15) is 14.4 Å². The summed E-state index contributed by atoms with van der Waals surface area (Å²) in [5.74, 6) is -1.98. The minimum Gasteiger partial charge on any atom is -0.480 e. The van der Waals surface area contributed by atoms with E-state index in [1.165, 1.54) is 19.1 Å². The maximum atomic E-state index is 11.8. The van der Waals surface area contributed by atoms with Crippen LogP contribution in [0.1, 0.15) is 36.7 Å². The van der Waals surface area contributed by atoms with E-state index in [4.69, 9.17) is 9.52 Å². The molecule has 0 saturated heterocycles. The number of hydrogen-bond donors (Lipinski definition) is 1. The summed E-state index contributed by atoms with van der Waals surface area (Å²) in [6.07, 6.45) is 0.262. The third kappa shape index (κ3) is 2.16. The van der Waals surface area contributed by atoms with E-state index in [1.807, 2.05) is 0 Å². The molecule has 1 N–H and O–H groups in total. The summed E-state index contributed by atoms with van der Waals surface area (Å²) in [5.41, 5.74) is 1.01. The Labute approximate surface area is 108 Å². The average Bonchev–Trinajstić information content (AvgIpc) is 2.66. The molecule has 1 heterocycles. The van der Waals surface area contributed by atoms with Gasteiger partial charge in [0.15, 0.2) is 11.4 Å². The molecule has 0 radical (unpaired) electrons. The molecule has 1 atom stereocenters. The van der Waals surface area contributed by atoms with Gasteiger partial charge in [0.05, 0.1) is 5.52 Å². The van der Waals surface area contributed by atoms with Crippen LogP contribution in [0.5, 0.6) is 0 Å². The highest BCUT2D eigenvalue weighted by atomic mass is 16.4. The van der Waals surface area contributed by atoms with E-state index >= 15 is 0 Å². The molecule has 1 aromatic heterocycles. The summed E-state index contributed by atoms with van der Waals surface area (Å²) in [7, 11) is 0. The molecule has 6 nitrogen and oxygen atoms in total. The van der Waals surface area contributed by atoms with Crippen molar-refractivity contribution in [2.24, 2.45) is 0 Å². The van der Waals surface area contributed by atoms with Crippen molar-refractivity contribution in [3.05, 3.63) is 34.3 Å². The first-order valence-corrected chi connectivity index (χ1v) is 5.84. The molecule has 2 rings (SSSR count). The number of aliphatic carboxylic acids is 1. The molecule has 1 aromatic carbocycles. The predicted molar refractivity (Wildman–Crippen MR) is 67.4 cm³/mol. The van der Waals surface area contributed by atoms with Crippen LogP contribution in [0, 0.1) is 0 Å². The number of carbonyl (C=O) groups excluding carboxylic acids is 1. The second kappa shape index (κ2) is 4.72. The third-order valence-corrected chi connectivity index (χ3v) is 3.00. The lowest BCUT2D eigenvalue weighted by molar-refractivity contribution is -0.141. The zero-order valence-electron chi connectivity index (χ0n) is 10.5. The van der Waals surface area contributed by atoms with Crippen LogP contribution in [-0.4, -0.2) is 21.4 Å². The molecule has 0 bridgehead atoms. The minimum atomic E-state index is -1.09. The highest BCUT2D eigenvalue weighted by Crippen LogP contribution is 2.20. The Balaban J connectivity index is 2.69. The number of nitrogens with zero attached hydrogens (tertiary/aromatic N) is 1. The van der Waals surface area contributed by atoms with Crippen molar-refractivity contribution >= 4 is 22.9 Å². The van der Waals surface area contributed by atoms with Gasteiger partial charge < -0.3 is 9.52 Å². The van der Waals surface area contributed by atoms with E-state index in [0.29, 0.717) is 11.1 Å². The number of aromatic nitrogens is 1. The number of fused-ring (bicyclic) bond motifs is 1. The van der Waals surface area contributed by atoms with Crippen molar-refractivity contribution < 1.29 is 19.1 Å². The number of carboxylic acids is 1. The van der Waals surface area contributed by atoms with Crippen molar-refractivity contribution in [2.75, 3.05) is 0 Å². The molecular weight excluding hydrogens is 250 g/mol. The Morgan fingerprint density at radius 3 is 2.63 bits per heavy atom. The van der Waals surface area contributed by atoms with Crippen LogP contribution in [0.3, 0.4) is 0 Å². The lowest BCUT2D eigenvalue weighted by Crippen LogP contribution is -2.26. The topological polar surface area (TPSA) is 89.5 Å². The van der Waals surface area contributed by atoms with Gasteiger partial charge in [0.1, 0.15) is 6.04 Å². The largest absolute Gasteiger partial charge is 0.480 e. The lowest BCUT2D eigenvalue weighted by Gasteiger charge is -2.10. The maximum absolute atomic E-state index is 11.8. The van der Waals surface area contributed by atoms with Crippen molar-refractivity contribution in [3.63, 3.8) is 0 Å². The van der Waals surface area contributed by atoms with E-state index in [0.717, 1.165) is 4.57 Å². The van der Waals surface area contributed by atoms with Crippen LogP contribution in [0.25, 0.3) is 11.1 Å². The zero-order chi connectivity index (χ0) is 14.2.